The van der Waals surface area contributed by atoms with Gasteiger partial charge in [0.15, 0.2) is 0 Å². The fourth-order valence-electron chi connectivity index (χ4n) is 2.08. The number of carbonyl (C=O) groups is 1. The summed E-state index contributed by atoms with van der Waals surface area (Å²) in [6, 6.07) is 0.0690. The van der Waals surface area contributed by atoms with Crippen molar-refractivity contribution in [2.45, 2.75) is 39.8 Å². The van der Waals surface area contributed by atoms with E-state index in [2.05, 4.69) is 31.2 Å². The molecule has 0 spiro atoms. The molecule has 100 valence electrons. The zero-order valence-electron chi connectivity index (χ0n) is 11.3. The van der Waals surface area contributed by atoms with Crippen molar-refractivity contribution in [3.8, 4) is 0 Å². The second-order valence-corrected chi connectivity index (χ2v) is 5.52. The van der Waals surface area contributed by atoms with E-state index in [1.807, 2.05) is 0 Å². The average Bonchev–Trinajstić information content (AvgIpc) is 2.87. The van der Waals surface area contributed by atoms with Crippen LogP contribution in [0.2, 0.25) is 0 Å². The molecule has 5 nitrogen and oxygen atoms in total. The van der Waals surface area contributed by atoms with Gasteiger partial charge in [0, 0.05) is 18.2 Å². The quantitative estimate of drug-likeness (QED) is 0.881. The fraction of sp³-hybridized carbons (Fsp3) is 0.692. The van der Waals surface area contributed by atoms with Crippen LogP contribution in [0, 0.1) is 5.41 Å². The minimum atomic E-state index is -0.0686. The molecule has 1 saturated heterocycles. The van der Waals surface area contributed by atoms with Gasteiger partial charge in [-0.3, -0.25) is 9.48 Å². The molecule has 2 rings (SSSR count). The number of hydrogen-bond donors (Lipinski definition) is 1. The van der Waals surface area contributed by atoms with E-state index < -0.39 is 0 Å². The lowest BCUT2D eigenvalue weighted by molar-refractivity contribution is 0.0915. The largest absolute Gasteiger partial charge is 0.379 e. The molecular weight excluding hydrogens is 230 g/mol. The lowest BCUT2D eigenvalue weighted by atomic mass is 9.88. The molecule has 1 fully saturated rings. The highest BCUT2D eigenvalue weighted by Gasteiger charge is 2.36. The summed E-state index contributed by atoms with van der Waals surface area (Å²) in [6.07, 6.45) is 4.42. The van der Waals surface area contributed by atoms with E-state index in [1.165, 1.54) is 0 Å². The summed E-state index contributed by atoms with van der Waals surface area (Å²) < 4.78 is 7.21. The van der Waals surface area contributed by atoms with Crippen LogP contribution >= 0.6 is 0 Å². The van der Waals surface area contributed by atoms with Crippen LogP contribution in [0.25, 0.3) is 0 Å². The normalized spacial score (nSPS) is 22.1. The van der Waals surface area contributed by atoms with Crippen LogP contribution < -0.4 is 5.32 Å². The Labute approximate surface area is 108 Å². The van der Waals surface area contributed by atoms with Crippen LogP contribution in [0.1, 0.15) is 37.6 Å². The van der Waals surface area contributed by atoms with Crippen LogP contribution in [-0.4, -0.2) is 34.9 Å². The van der Waals surface area contributed by atoms with Crippen molar-refractivity contribution in [2.24, 2.45) is 5.41 Å². The van der Waals surface area contributed by atoms with Gasteiger partial charge in [-0.15, -0.1) is 0 Å². The molecule has 1 aromatic rings. The highest BCUT2D eigenvalue weighted by Crippen LogP contribution is 2.27. The summed E-state index contributed by atoms with van der Waals surface area (Å²) in [7, 11) is 0. The standard InChI is InChI=1S/C13H21N3O2/c1-4-5-16-7-10(6-14-16)12(17)15-11-8-18-9-13(11,2)3/h6-7,11H,4-5,8-9H2,1-3H3,(H,15,17). The minimum absolute atomic E-state index is 0.00489. The number of ether oxygens (including phenoxy) is 1. The van der Waals surface area contributed by atoms with Crippen LogP contribution in [0.3, 0.4) is 0 Å². The summed E-state index contributed by atoms with van der Waals surface area (Å²) in [5.41, 5.74) is 0.612. The molecule has 1 unspecified atom stereocenters. The number of rotatable bonds is 4. The lowest BCUT2D eigenvalue weighted by Crippen LogP contribution is -2.44. The fourth-order valence-corrected chi connectivity index (χ4v) is 2.08. The Balaban J connectivity index is 1.98. The van der Waals surface area contributed by atoms with E-state index in [0.29, 0.717) is 18.8 Å². The summed E-state index contributed by atoms with van der Waals surface area (Å²) >= 11 is 0. The maximum Gasteiger partial charge on any atom is 0.254 e. The molecule has 0 bridgehead atoms. The smallest absolute Gasteiger partial charge is 0.254 e. The maximum absolute atomic E-state index is 12.1. The Kier molecular flexibility index (Phi) is 3.71. The second kappa shape index (κ2) is 5.10. The molecule has 1 aliphatic rings. The Morgan fingerprint density at radius 3 is 3.06 bits per heavy atom. The monoisotopic (exact) mass is 251 g/mol. The first-order valence-electron chi connectivity index (χ1n) is 6.44. The van der Waals surface area contributed by atoms with E-state index in [-0.39, 0.29) is 17.4 Å². The Morgan fingerprint density at radius 1 is 1.67 bits per heavy atom. The number of amides is 1. The van der Waals surface area contributed by atoms with Gasteiger partial charge in [-0.25, -0.2) is 0 Å². The minimum Gasteiger partial charge on any atom is -0.379 e. The third-order valence-corrected chi connectivity index (χ3v) is 3.36. The first kappa shape index (κ1) is 13.1. The van der Waals surface area contributed by atoms with Crippen LogP contribution in [0.15, 0.2) is 12.4 Å². The molecule has 0 radical (unpaired) electrons. The highest BCUT2D eigenvalue weighted by atomic mass is 16.5. The zero-order chi connectivity index (χ0) is 13.2. The number of nitrogens with zero attached hydrogens (tertiary/aromatic N) is 2. The van der Waals surface area contributed by atoms with E-state index >= 15 is 0 Å². The van der Waals surface area contributed by atoms with Gasteiger partial charge in [0.2, 0.25) is 0 Å². The predicted octanol–water partition coefficient (Wildman–Crippen LogP) is 1.45. The van der Waals surface area contributed by atoms with E-state index in [4.69, 9.17) is 4.74 Å². The predicted molar refractivity (Wildman–Crippen MR) is 68.4 cm³/mol. The molecule has 2 heterocycles. The summed E-state index contributed by atoms with van der Waals surface area (Å²) in [5, 5.41) is 7.19. The molecular formula is C13H21N3O2. The van der Waals surface area contributed by atoms with Gasteiger partial charge in [0.05, 0.1) is 31.0 Å². The SMILES string of the molecule is CCCn1cc(C(=O)NC2COCC2(C)C)cn1. The van der Waals surface area contributed by atoms with Crippen molar-refractivity contribution in [2.75, 3.05) is 13.2 Å². The van der Waals surface area contributed by atoms with Crippen LogP contribution in [0.4, 0.5) is 0 Å². The molecule has 0 saturated carbocycles. The van der Waals surface area contributed by atoms with Gasteiger partial charge in [-0.2, -0.15) is 5.10 Å². The van der Waals surface area contributed by atoms with Crippen molar-refractivity contribution < 1.29 is 9.53 Å². The Bertz CT molecular complexity index is 426. The van der Waals surface area contributed by atoms with Gasteiger partial charge >= 0.3 is 0 Å². The third-order valence-electron chi connectivity index (χ3n) is 3.36. The molecule has 1 aliphatic heterocycles. The molecule has 18 heavy (non-hydrogen) atoms. The summed E-state index contributed by atoms with van der Waals surface area (Å²) in [6.45, 7) is 8.40. The van der Waals surface area contributed by atoms with Gasteiger partial charge in [0.1, 0.15) is 0 Å². The van der Waals surface area contributed by atoms with Crippen molar-refractivity contribution >= 4 is 5.91 Å². The Morgan fingerprint density at radius 2 is 2.44 bits per heavy atom. The number of hydrogen-bond acceptors (Lipinski definition) is 3. The number of aromatic nitrogens is 2. The zero-order valence-corrected chi connectivity index (χ0v) is 11.3. The van der Waals surface area contributed by atoms with E-state index in [0.717, 1.165) is 13.0 Å². The highest BCUT2D eigenvalue weighted by molar-refractivity contribution is 5.93. The van der Waals surface area contributed by atoms with Crippen molar-refractivity contribution in [3.05, 3.63) is 18.0 Å². The molecule has 1 amide bonds. The maximum atomic E-state index is 12.1. The van der Waals surface area contributed by atoms with E-state index in [1.54, 1.807) is 17.1 Å². The van der Waals surface area contributed by atoms with E-state index in [9.17, 15) is 4.79 Å². The van der Waals surface area contributed by atoms with Crippen molar-refractivity contribution in [1.29, 1.82) is 0 Å². The van der Waals surface area contributed by atoms with Crippen LogP contribution in [-0.2, 0) is 11.3 Å². The summed E-state index contributed by atoms with van der Waals surface area (Å²) in [5.74, 6) is -0.0686. The summed E-state index contributed by atoms with van der Waals surface area (Å²) in [4.78, 5) is 12.1. The third kappa shape index (κ3) is 2.72. The topological polar surface area (TPSA) is 56.2 Å². The second-order valence-electron chi connectivity index (χ2n) is 5.52. The first-order valence-corrected chi connectivity index (χ1v) is 6.44. The Hall–Kier alpha value is -1.36. The molecule has 0 aromatic carbocycles. The van der Waals surface area contributed by atoms with Gasteiger partial charge in [0.25, 0.3) is 5.91 Å². The molecule has 0 aliphatic carbocycles. The van der Waals surface area contributed by atoms with Crippen molar-refractivity contribution in [3.63, 3.8) is 0 Å². The van der Waals surface area contributed by atoms with Gasteiger partial charge in [-0.1, -0.05) is 20.8 Å². The first-order chi connectivity index (χ1) is 8.53. The number of aryl methyl sites for hydroxylation is 1. The van der Waals surface area contributed by atoms with Crippen LogP contribution in [0.5, 0.6) is 0 Å². The average molecular weight is 251 g/mol. The van der Waals surface area contributed by atoms with Gasteiger partial charge in [-0.05, 0) is 6.42 Å². The molecule has 1 N–H and O–H groups in total. The molecule has 1 atom stereocenters. The van der Waals surface area contributed by atoms with Gasteiger partial charge < -0.3 is 10.1 Å². The lowest BCUT2D eigenvalue weighted by Gasteiger charge is -2.25. The van der Waals surface area contributed by atoms with Crippen molar-refractivity contribution in [1.82, 2.24) is 15.1 Å². The number of nitrogens with one attached hydrogen (secondary N) is 1. The number of carbonyl (C=O) groups excluding carboxylic acids is 1. The molecule has 1 aromatic heterocycles. The molecule has 5 heteroatoms.